The highest BCUT2D eigenvalue weighted by Crippen LogP contribution is 2.58. The molecule has 2 heterocycles. The Morgan fingerprint density at radius 1 is 1.05 bits per heavy atom. The quantitative estimate of drug-likeness (QED) is 0.851. The molecule has 1 aromatic heterocycles. The molecule has 0 aromatic carbocycles. The number of nitrogens with one attached hydrogen (secondary N) is 1. The van der Waals surface area contributed by atoms with Gasteiger partial charge in [-0.15, -0.1) is 0 Å². The summed E-state index contributed by atoms with van der Waals surface area (Å²) >= 11 is 0. The maximum absolute atomic E-state index is 4.88. The first-order valence-electron chi connectivity index (χ1n) is 8.57. The Labute approximate surface area is 121 Å². The number of aryl methyl sites for hydroxylation is 1. The summed E-state index contributed by atoms with van der Waals surface area (Å²) in [6, 6.07) is 0.789. The van der Waals surface area contributed by atoms with Gasteiger partial charge in [0.25, 0.3) is 0 Å². The molecule has 6 rings (SSSR count). The van der Waals surface area contributed by atoms with Crippen molar-refractivity contribution >= 4 is 0 Å². The highest BCUT2D eigenvalue weighted by atomic mass is 15.2. The summed E-state index contributed by atoms with van der Waals surface area (Å²) in [5.74, 6) is 5.33. The molecular formula is C17H25N3. The van der Waals surface area contributed by atoms with E-state index in [0.717, 1.165) is 42.8 Å². The van der Waals surface area contributed by atoms with Crippen LogP contribution in [0.2, 0.25) is 0 Å². The zero-order chi connectivity index (χ0) is 13.3. The van der Waals surface area contributed by atoms with E-state index in [-0.39, 0.29) is 0 Å². The van der Waals surface area contributed by atoms with Crippen LogP contribution in [0.4, 0.5) is 0 Å². The van der Waals surface area contributed by atoms with Crippen LogP contribution in [-0.2, 0) is 13.0 Å². The van der Waals surface area contributed by atoms with E-state index in [4.69, 9.17) is 4.98 Å². The van der Waals surface area contributed by atoms with E-state index in [2.05, 4.69) is 16.8 Å². The van der Waals surface area contributed by atoms with Gasteiger partial charge < -0.3 is 9.88 Å². The topological polar surface area (TPSA) is 29.9 Å². The van der Waals surface area contributed by atoms with Crippen LogP contribution in [0, 0.1) is 30.6 Å². The van der Waals surface area contributed by atoms with Crippen LogP contribution < -0.4 is 5.32 Å². The average molecular weight is 271 g/mol. The van der Waals surface area contributed by atoms with Crippen molar-refractivity contribution in [3.05, 3.63) is 17.2 Å². The summed E-state index contributed by atoms with van der Waals surface area (Å²) in [6.07, 6.45) is 8.73. The van der Waals surface area contributed by atoms with Crippen molar-refractivity contribution in [2.45, 2.75) is 58.0 Å². The van der Waals surface area contributed by atoms with E-state index < -0.39 is 0 Å². The molecule has 1 N–H and O–H groups in total. The number of nitrogens with zero attached hydrogens (tertiary/aromatic N) is 2. The van der Waals surface area contributed by atoms with Crippen molar-refractivity contribution in [2.75, 3.05) is 6.54 Å². The molecule has 1 aromatic rings. The van der Waals surface area contributed by atoms with Crippen LogP contribution in [-0.4, -0.2) is 16.1 Å². The molecule has 4 fully saturated rings. The minimum atomic E-state index is 0.789. The highest BCUT2D eigenvalue weighted by Gasteiger charge is 2.49. The van der Waals surface area contributed by atoms with Crippen LogP contribution in [0.1, 0.15) is 55.4 Å². The molecule has 20 heavy (non-hydrogen) atoms. The first kappa shape index (κ1) is 11.8. The Morgan fingerprint density at radius 3 is 2.45 bits per heavy atom. The van der Waals surface area contributed by atoms with E-state index in [1.807, 2.05) is 0 Å². The van der Waals surface area contributed by atoms with Gasteiger partial charge in [0.1, 0.15) is 5.82 Å². The Hall–Kier alpha value is -0.830. The third-order valence-electron chi connectivity index (χ3n) is 6.58. The fourth-order valence-electron chi connectivity index (χ4n) is 6.18. The lowest BCUT2D eigenvalue weighted by Crippen LogP contribution is -2.46. The van der Waals surface area contributed by atoms with Gasteiger partial charge in [0, 0.05) is 31.2 Å². The maximum Gasteiger partial charge on any atom is 0.106 e. The van der Waals surface area contributed by atoms with E-state index >= 15 is 0 Å². The second-order valence-corrected chi connectivity index (χ2v) is 7.77. The largest absolute Gasteiger partial charge is 0.328 e. The van der Waals surface area contributed by atoms with Gasteiger partial charge in [-0.25, -0.2) is 4.98 Å². The minimum absolute atomic E-state index is 0.789. The lowest BCUT2D eigenvalue weighted by molar-refractivity contribution is -0.0308. The third kappa shape index (κ3) is 1.53. The number of imidazole rings is 1. The van der Waals surface area contributed by atoms with Gasteiger partial charge in [0.15, 0.2) is 0 Å². The molecule has 0 atom stereocenters. The zero-order valence-corrected chi connectivity index (χ0v) is 12.4. The molecule has 0 saturated heterocycles. The van der Waals surface area contributed by atoms with Crippen molar-refractivity contribution in [1.29, 1.82) is 0 Å². The van der Waals surface area contributed by atoms with Crippen molar-refractivity contribution in [3.8, 4) is 0 Å². The number of fused-ring (bicyclic) bond motifs is 1. The normalized spacial score (nSPS) is 42.0. The Balaban J connectivity index is 1.58. The highest BCUT2D eigenvalue weighted by molar-refractivity contribution is 5.22. The summed E-state index contributed by atoms with van der Waals surface area (Å²) < 4.78 is 2.70. The number of rotatable bonds is 1. The van der Waals surface area contributed by atoms with Gasteiger partial charge in [-0.1, -0.05) is 0 Å². The van der Waals surface area contributed by atoms with Crippen LogP contribution in [0.15, 0.2) is 0 Å². The number of hydrogen-bond acceptors (Lipinski definition) is 2. The second-order valence-electron chi connectivity index (χ2n) is 7.77. The molecule has 3 heteroatoms. The molecule has 4 saturated carbocycles. The standard InChI is InChI=1S/C17H25N3/c1-10-19-15-9-18-3-2-16(15)20(10)17-13-5-11-4-12(7-13)8-14(17)6-11/h11-14,17-18H,2-9H2,1H3. The van der Waals surface area contributed by atoms with Crippen LogP contribution in [0.25, 0.3) is 0 Å². The molecule has 0 amide bonds. The van der Waals surface area contributed by atoms with E-state index in [0.29, 0.717) is 0 Å². The second kappa shape index (κ2) is 4.09. The van der Waals surface area contributed by atoms with Crippen molar-refractivity contribution < 1.29 is 0 Å². The summed E-state index contributed by atoms with van der Waals surface area (Å²) in [6.45, 7) is 4.35. The first-order valence-corrected chi connectivity index (χ1v) is 8.57. The van der Waals surface area contributed by atoms with Crippen LogP contribution in [0.5, 0.6) is 0 Å². The summed E-state index contributed by atoms with van der Waals surface area (Å²) in [4.78, 5) is 4.88. The fraction of sp³-hybridized carbons (Fsp3) is 0.824. The fourth-order valence-corrected chi connectivity index (χ4v) is 6.18. The van der Waals surface area contributed by atoms with Crippen molar-refractivity contribution in [1.82, 2.24) is 14.9 Å². The van der Waals surface area contributed by atoms with Crippen molar-refractivity contribution in [2.24, 2.45) is 23.7 Å². The molecule has 5 aliphatic rings. The zero-order valence-electron chi connectivity index (χ0n) is 12.4. The van der Waals surface area contributed by atoms with Crippen LogP contribution >= 0.6 is 0 Å². The Morgan fingerprint density at radius 2 is 1.75 bits per heavy atom. The summed E-state index contributed by atoms with van der Waals surface area (Å²) in [5.41, 5.74) is 2.90. The smallest absolute Gasteiger partial charge is 0.106 e. The molecule has 1 aliphatic heterocycles. The predicted molar refractivity (Wildman–Crippen MR) is 78.5 cm³/mol. The van der Waals surface area contributed by atoms with Gasteiger partial charge in [-0.3, -0.25) is 0 Å². The average Bonchev–Trinajstić information content (AvgIpc) is 2.74. The Kier molecular flexibility index (Phi) is 2.41. The van der Waals surface area contributed by atoms with E-state index in [1.165, 1.54) is 43.6 Å². The van der Waals surface area contributed by atoms with Crippen LogP contribution in [0.3, 0.4) is 0 Å². The van der Waals surface area contributed by atoms with Gasteiger partial charge in [0.05, 0.1) is 5.69 Å². The SMILES string of the molecule is Cc1nc2c(n1C1C3CC4CC(C3)CC1C4)CCNC2. The first-order chi connectivity index (χ1) is 9.79. The molecule has 3 nitrogen and oxygen atoms in total. The molecule has 4 aliphatic carbocycles. The monoisotopic (exact) mass is 271 g/mol. The molecule has 4 bridgehead atoms. The molecule has 108 valence electrons. The number of aromatic nitrogens is 2. The van der Waals surface area contributed by atoms with E-state index in [9.17, 15) is 0 Å². The minimum Gasteiger partial charge on any atom is -0.328 e. The third-order valence-corrected chi connectivity index (χ3v) is 6.58. The summed E-state index contributed by atoms with van der Waals surface area (Å²) in [5, 5.41) is 3.47. The summed E-state index contributed by atoms with van der Waals surface area (Å²) in [7, 11) is 0. The molecule has 0 spiro atoms. The number of hydrogen-bond donors (Lipinski definition) is 1. The Bertz CT molecular complexity index is 517. The van der Waals surface area contributed by atoms with Crippen molar-refractivity contribution in [3.63, 3.8) is 0 Å². The van der Waals surface area contributed by atoms with Gasteiger partial charge in [0.2, 0.25) is 0 Å². The predicted octanol–water partition coefficient (Wildman–Crippen LogP) is 2.83. The maximum atomic E-state index is 4.88. The lowest BCUT2D eigenvalue weighted by Gasteiger charge is -2.55. The lowest BCUT2D eigenvalue weighted by atomic mass is 9.54. The van der Waals surface area contributed by atoms with Gasteiger partial charge >= 0.3 is 0 Å². The molecule has 0 unspecified atom stereocenters. The molecular weight excluding hydrogens is 246 g/mol. The van der Waals surface area contributed by atoms with Gasteiger partial charge in [-0.05, 0) is 62.7 Å². The van der Waals surface area contributed by atoms with Gasteiger partial charge in [-0.2, -0.15) is 0 Å². The van der Waals surface area contributed by atoms with E-state index in [1.54, 1.807) is 12.1 Å². The molecule has 0 radical (unpaired) electrons.